The van der Waals surface area contributed by atoms with Gasteiger partial charge in [-0.15, -0.1) is 0 Å². The molecule has 1 aromatic rings. The number of isothiocyanates is 1. The first-order valence-electron chi connectivity index (χ1n) is 7.12. The zero-order valence-corrected chi connectivity index (χ0v) is 12.6. The molecule has 1 aliphatic carbocycles. The summed E-state index contributed by atoms with van der Waals surface area (Å²) >= 11 is 4.70. The van der Waals surface area contributed by atoms with Gasteiger partial charge in [0.2, 0.25) is 0 Å². The first-order valence-corrected chi connectivity index (χ1v) is 7.53. The molecule has 1 N–H and O–H groups in total. The maximum Gasteiger partial charge on any atom is 0.0743 e. The van der Waals surface area contributed by atoms with Gasteiger partial charge in [0.1, 0.15) is 0 Å². The van der Waals surface area contributed by atoms with Crippen molar-refractivity contribution >= 4 is 23.1 Å². The van der Waals surface area contributed by atoms with Crippen LogP contribution in [0, 0.1) is 0 Å². The lowest BCUT2D eigenvalue weighted by molar-refractivity contribution is 0.217. The fourth-order valence-electron chi connectivity index (χ4n) is 3.15. The van der Waals surface area contributed by atoms with Crippen molar-refractivity contribution in [2.45, 2.75) is 57.5 Å². The summed E-state index contributed by atoms with van der Waals surface area (Å²) in [6.07, 6.45) is 6.34. The molecule has 0 bridgehead atoms. The molecule has 0 heterocycles. The third-order valence-electron chi connectivity index (χ3n) is 3.85. The van der Waals surface area contributed by atoms with E-state index in [1.165, 1.54) is 37.7 Å². The minimum atomic E-state index is 0.111. The van der Waals surface area contributed by atoms with Crippen LogP contribution in [-0.2, 0) is 5.54 Å². The lowest BCUT2D eigenvalue weighted by Gasteiger charge is -2.40. The minimum Gasteiger partial charge on any atom is -0.305 e. The molecule has 19 heavy (non-hydrogen) atoms. The molecule has 2 nitrogen and oxygen atoms in total. The molecule has 0 radical (unpaired) electrons. The molecule has 0 saturated heterocycles. The first-order chi connectivity index (χ1) is 9.16. The van der Waals surface area contributed by atoms with Crippen molar-refractivity contribution in [2.75, 3.05) is 0 Å². The van der Waals surface area contributed by atoms with Gasteiger partial charge in [0, 0.05) is 11.6 Å². The SMILES string of the molecule is CC(C)NC1(c2cccc(N=C=S)c2)CCCCC1. The minimum absolute atomic E-state index is 0.111. The van der Waals surface area contributed by atoms with Gasteiger partial charge in [-0.2, -0.15) is 4.99 Å². The number of benzene rings is 1. The van der Waals surface area contributed by atoms with E-state index >= 15 is 0 Å². The Morgan fingerprint density at radius 3 is 2.63 bits per heavy atom. The molecular weight excluding hydrogens is 252 g/mol. The van der Waals surface area contributed by atoms with Crippen LogP contribution in [0.5, 0.6) is 0 Å². The smallest absolute Gasteiger partial charge is 0.0743 e. The van der Waals surface area contributed by atoms with E-state index in [9.17, 15) is 0 Å². The monoisotopic (exact) mass is 274 g/mol. The van der Waals surface area contributed by atoms with Gasteiger partial charge in [-0.3, -0.25) is 0 Å². The average Bonchev–Trinajstić information content (AvgIpc) is 2.40. The van der Waals surface area contributed by atoms with E-state index in [-0.39, 0.29) is 5.54 Å². The van der Waals surface area contributed by atoms with Gasteiger partial charge < -0.3 is 5.32 Å². The molecule has 0 aromatic heterocycles. The summed E-state index contributed by atoms with van der Waals surface area (Å²) < 4.78 is 0. The number of nitrogens with one attached hydrogen (secondary N) is 1. The molecule has 0 amide bonds. The maximum atomic E-state index is 4.70. The Hall–Kier alpha value is -1.02. The molecule has 0 spiro atoms. The van der Waals surface area contributed by atoms with Crippen LogP contribution < -0.4 is 5.32 Å². The Morgan fingerprint density at radius 1 is 1.26 bits per heavy atom. The van der Waals surface area contributed by atoms with Crippen LogP contribution in [-0.4, -0.2) is 11.2 Å². The topological polar surface area (TPSA) is 24.4 Å². The fourth-order valence-corrected chi connectivity index (χ4v) is 3.26. The summed E-state index contributed by atoms with van der Waals surface area (Å²) in [5.41, 5.74) is 2.36. The van der Waals surface area contributed by atoms with E-state index < -0.39 is 0 Å². The Labute approximate surface area is 121 Å². The Kier molecular flexibility index (Phi) is 4.87. The van der Waals surface area contributed by atoms with Gasteiger partial charge in [0.25, 0.3) is 0 Å². The molecule has 3 heteroatoms. The van der Waals surface area contributed by atoms with E-state index in [1.807, 2.05) is 6.07 Å². The normalized spacial score (nSPS) is 18.1. The van der Waals surface area contributed by atoms with Crippen LogP contribution in [0.3, 0.4) is 0 Å². The summed E-state index contributed by atoms with van der Waals surface area (Å²) in [5.74, 6) is 0. The Balaban J connectivity index is 2.36. The van der Waals surface area contributed by atoms with Crippen molar-refractivity contribution < 1.29 is 0 Å². The van der Waals surface area contributed by atoms with Crippen molar-refractivity contribution in [1.29, 1.82) is 0 Å². The van der Waals surface area contributed by atoms with Gasteiger partial charge in [-0.05, 0) is 42.8 Å². The van der Waals surface area contributed by atoms with Crippen molar-refractivity contribution in [3.8, 4) is 0 Å². The molecule has 0 aliphatic heterocycles. The van der Waals surface area contributed by atoms with Crippen molar-refractivity contribution in [3.05, 3.63) is 29.8 Å². The highest BCUT2D eigenvalue weighted by atomic mass is 32.1. The maximum absolute atomic E-state index is 4.70. The van der Waals surface area contributed by atoms with E-state index in [1.54, 1.807) is 0 Å². The van der Waals surface area contributed by atoms with Crippen LogP contribution in [0.1, 0.15) is 51.5 Å². The van der Waals surface area contributed by atoms with Crippen LogP contribution >= 0.6 is 12.2 Å². The second kappa shape index (κ2) is 6.42. The predicted molar refractivity (Wildman–Crippen MR) is 84.2 cm³/mol. The number of hydrogen-bond acceptors (Lipinski definition) is 3. The van der Waals surface area contributed by atoms with Crippen molar-refractivity contribution in [3.63, 3.8) is 0 Å². The molecule has 102 valence electrons. The third kappa shape index (κ3) is 3.50. The number of rotatable bonds is 4. The second-order valence-electron chi connectivity index (χ2n) is 5.70. The molecule has 1 saturated carbocycles. The predicted octanol–water partition coefficient (Wildman–Crippen LogP) is 4.58. The average molecular weight is 274 g/mol. The van der Waals surface area contributed by atoms with E-state index in [4.69, 9.17) is 12.2 Å². The Bertz CT molecular complexity index is 469. The number of thiocarbonyl (C=S) groups is 1. The fraction of sp³-hybridized carbons (Fsp3) is 0.562. The van der Waals surface area contributed by atoms with Crippen molar-refractivity contribution in [2.24, 2.45) is 4.99 Å². The Morgan fingerprint density at radius 2 is 2.00 bits per heavy atom. The van der Waals surface area contributed by atoms with Gasteiger partial charge in [-0.25, -0.2) is 0 Å². The summed E-state index contributed by atoms with van der Waals surface area (Å²) in [4.78, 5) is 4.11. The quantitative estimate of drug-likeness (QED) is 0.642. The molecule has 0 atom stereocenters. The van der Waals surface area contributed by atoms with Crippen LogP contribution in [0.2, 0.25) is 0 Å². The van der Waals surface area contributed by atoms with E-state index in [0.29, 0.717) is 6.04 Å². The van der Waals surface area contributed by atoms with E-state index in [0.717, 1.165) is 5.69 Å². The number of aliphatic imine (C=N–C) groups is 1. The van der Waals surface area contributed by atoms with E-state index in [2.05, 4.69) is 47.5 Å². The van der Waals surface area contributed by atoms with Gasteiger partial charge in [0.15, 0.2) is 0 Å². The zero-order chi connectivity index (χ0) is 13.7. The summed E-state index contributed by atoms with van der Waals surface area (Å²) in [7, 11) is 0. The molecule has 0 unspecified atom stereocenters. The van der Waals surface area contributed by atoms with Crippen LogP contribution in [0.15, 0.2) is 29.3 Å². The number of hydrogen-bond donors (Lipinski definition) is 1. The highest BCUT2D eigenvalue weighted by Crippen LogP contribution is 2.38. The van der Waals surface area contributed by atoms with Crippen LogP contribution in [0.25, 0.3) is 0 Å². The highest BCUT2D eigenvalue weighted by molar-refractivity contribution is 7.78. The molecule has 1 fully saturated rings. The second-order valence-corrected chi connectivity index (χ2v) is 5.88. The lowest BCUT2D eigenvalue weighted by Crippen LogP contribution is -2.47. The molecular formula is C16H22N2S. The third-order valence-corrected chi connectivity index (χ3v) is 3.94. The summed E-state index contributed by atoms with van der Waals surface area (Å²) in [6, 6.07) is 8.90. The summed E-state index contributed by atoms with van der Waals surface area (Å²) in [5, 5.41) is 6.25. The standard InChI is InChI=1S/C16H22N2S/c1-13(2)18-16(9-4-3-5-10-16)14-7-6-8-15(11-14)17-12-19/h6-8,11,13,18H,3-5,9-10H2,1-2H3. The van der Waals surface area contributed by atoms with Gasteiger partial charge >= 0.3 is 0 Å². The number of nitrogens with zero attached hydrogens (tertiary/aromatic N) is 1. The summed E-state index contributed by atoms with van der Waals surface area (Å²) in [6.45, 7) is 4.44. The largest absolute Gasteiger partial charge is 0.305 e. The van der Waals surface area contributed by atoms with Crippen molar-refractivity contribution in [1.82, 2.24) is 5.32 Å². The molecule has 1 aromatic carbocycles. The highest BCUT2D eigenvalue weighted by Gasteiger charge is 2.34. The van der Waals surface area contributed by atoms with Gasteiger partial charge in [-0.1, -0.05) is 45.2 Å². The van der Waals surface area contributed by atoms with Gasteiger partial charge in [0.05, 0.1) is 10.8 Å². The van der Waals surface area contributed by atoms with Crippen LogP contribution in [0.4, 0.5) is 5.69 Å². The molecule has 1 aliphatic rings. The first kappa shape index (κ1) is 14.4. The lowest BCUT2D eigenvalue weighted by atomic mass is 9.76. The molecule has 2 rings (SSSR count). The zero-order valence-electron chi connectivity index (χ0n) is 11.8.